The van der Waals surface area contributed by atoms with Crippen molar-refractivity contribution in [1.29, 1.82) is 0 Å². The molecule has 1 saturated carbocycles. The summed E-state index contributed by atoms with van der Waals surface area (Å²) in [6.07, 6.45) is 4.38. The number of carbonyl (C=O) groups is 2. The molecular formula is C15H19BrN2O2. The molecular weight excluding hydrogens is 320 g/mol. The van der Waals surface area contributed by atoms with Crippen LogP contribution in [-0.4, -0.2) is 17.9 Å². The number of halogens is 1. The molecule has 0 radical (unpaired) electrons. The van der Waals surface area contributed by atoms with Gasteiger partial charge in [0, 0.05) is 16.2 Å². The lowest BCUT2D eigenvalue weighted by Gasteiger charge is -2.29. The van der Waals surface area contributed by atoms with E-state index in [1.165, 1.54) is 6.42 Å². The molecule has 0 spiro atoms. The number of nitrogens with one attached hydrogen (secondary N) is 2. The van der Waals surface area contributed by atoms with Crippen LogP contribution in [0, 0.1) is 5.92 Å². The first-order valence-electron chi connectivity index (χ1n) is 6.93. The lowest BCUT2D eigenvalue weighted by molar-refractivity contribution is -0.137. The van der Waals surface area contributed by atoms with Crippen LogP contribution in [0.1, 0.15) is 32.6 Å². The quantitative estimate of drug-likeness (QED) is 0.814. The van der Waals surface area contributed by atoms with Gasteiger partial charge >= 0.3 is 11.8 Å². The largest absolute Gasteiger partial charge is 0.345 e. The Labute approximate surface area is 127 Å². The number of carbonyl (C=O) groups excluding carboxylic acids is 2. The third-order valence-electron chi connectivity index (χ3n) is 3.72. The molecule has 0 bridgehead atoms. The Balaban J connectivity index is 1.90. The molecule has 108 valence electrons. The van der Waals surface area contributed by atoms with Crippen LogP contribution in [0.4, 0.5) is 5.69 Å². The van der Waals surface area contributed by atoms with E-state index in [0.717, 1.165) is 23.7 Å². The zero-order valence-corrected chi connectivity index (χ0v) is 13.1. The van der Waals surface area contributed by atoms with Gasteiger partial charge in [0.25, 0.3) is 0 Å². The molecule has 1 aliphatic carbocycles. The molecule has 20 heavy (non-hydrogen) atoms. The van der Waals surface area contributed by atoms with Gasteiger partial charge in [0.05, 0.1) is 0 Å². The summed E-state index contributed by atoms with van der Waals surface area (Å²) in [6.45, 7) is 2.12. The van der Waals surface area contributed by atoms with Crippen molar-refractivity contribution in [3.05, 3.63) is 28.7 Å². The van der Waals surface area contributed by atoms with Crippen molar-refractivity contribution in [3.8, 4) is 0 Å². The van der Waals surface area contributed by atoms with Gasteiger partial charge in [-0.1, -0.05) is 41.8 Å². The summed E-state index contributed by atoms with van der Waals surface area (Å²) in [5, 5.41) is 5.45. The maximum Gasteiger partial charge on any atom is 0.313 e. The molecule has 2 atom stereocenters. The highest BCUT2D eigenvalue weighted by molar-refractivity contribution is 9.10. The molecule has 0 saturated heterocycles. The number of anilines is 1. The van der Waals surface area contributed by atoms with Crippen LogP contribution < -0.4 is 10.6 Å². The number of hydrogen-bond donors (Lipinski definition) is 2. The Hall–Kier alpha value is -1.36. The lowest BCUT2D eigenvalue weighted by Crippen LogP contribution is -2.45. The van der Waals surface area contributed by atoms with E-state index in [1.807, 2.05) is 6.07 Å². The fraction of sp³-hybridized carbons (Fsp3) is 0.467. The van der Waals surface area contributed by atoms with Crippen LogP contribution in [0.15, 0.2) is 28.7 Å². The zero-order chi connectivity index (χ0) is 14.5. The summed E-state index contributed by atoms with van der Waals surface area (Å²) >= 11 is 3.32. The number of hydrogen-bond acceptors (Lipinski definition) is 2. The second-order valence-electron chi connectivity index (χ2n) is 5.31. The maximum absolute atomic E-state index is 11.9. The molecule has 4 nitrogen and oxygen atoms in total. The van der Waals surface area contributed by atoms with E-state index < -0.39 is 11.8 Å². The molecule has 2 N–H and O–H groups in total. The minimum atomic E-state index is -0.610. The van der Waals surface area contributed by atoms with Gasteiger partial charge in [0.1, 0.15) is 0 Å². The Morgan fingerprint density at radius 2 is 1.95 bits per heavy atom. The minimum Gasteiger partial charge on any atom is -0.345 e. The van der Waals surface area contributed by atoms with Crippen molar-refractivity contribution < 1.29 is 9.59 Å². The average Bonchev–Trinajstić information content (AvgIpc) is 2.41. The van der Waals surface area contributed by atoms with Crippen molar-refractivity contribution in [3.63, 3.8) is 0 Å². The van der Waals surface area contributed by atoms with Gasteiger partial charge in [0.15, 0.2) is 0 Å². The van der Waals surface area contributed by atoms with E-state index in [1.54, 1.807) is 18.2 Å². The van der Waals surface area contributed by atoms with Crippen LogP contribution in [0.5, 0.6) is 0 Å². The lowest BCUT2D eigenvalue weighted by atomic mass is 9.86. The molecule has 0 aliphatic heterocycles. The predicted molar refractivity (Wildman–Crippen MR) is 82.3 cm³/mol. The Morgan fingerprint density at radius 1 is 1.20 bits per heavy atom. The third kappa shape index (κ3) is 4.07. The summed E-state index contributed by atoms with van der Waals surface area (Å²) < 4.78 is 0.858. The number of benzene rings is 1. The topological polar surface area (TPSA) is 58.2 Å². The van der Waals surface area contributed by atoms with Crippen LogP contribution in [0.3, 0.4) is 0 Å². The Morgan fingerprint density at radius 3 is 2.65 bits per heavy atom. The monoisotopic (exact) mass is 338 g/mol. The average molecular weight is 339 g/mol. The first-order chi connectivity index (χ1) is 9.56. The molecule has 1 aliphatic rings. The second-order valence-corrected chi connectivity index (χ2v) is 6.22. The zero-order valence-electron chi connectivity index (χ0n) is 11.5. The van der Waals surface area contributed by atoms with E-state index in [4.69, 9.17) is 0 Å². The van der Waals surface area contributed by atoms with Crippen LogP contribution >= 0.6 is 15.9 Å². The van der Waals surface area contributed by atoms with E-state index in [2.05, 4.69) is 33.5 Å². The van der Waals surface area contributed by atoms with Crippen molar-refractivity contribution >= 4 is 33.4 Å². The smallest absolute Gasteiger partial charge is 0.313 e. The van der Waals surface area contributed by atoms with Gasteiger partial charge in [-0.05, 0) is 37.0 Å². The second kappa shape index (κ2) is 6.88. The number of rotatable bonds is 2. The molecule has 0 heterocycles. The Bertz CT molecular complexity index is 504. The molecule has 0 aromatic heterocycles. The van der Waals surface area contributed by atoms with Gasteiger partial charge in [0.2, 0.25) is 0 Å². The standard InChI is InChI=1S/C15H19BrN2O2/c1-10-5-2-3-8-13(10)18-15(20)14(19)17-12-7-4-6-11(16)9-12/h4,6-7,9-10,13H,2-3,5,8H2,1H3,(H,17,19)(H,18,20)/t10-,13+/m0/s1. The maximum atomic E-state index is 11.9. The van der Waals surface area contributed by atoms with E-state index in [-0.39, 0.29) is 6.04 Å². The molecule has 0 unspecified atom stereocenters. The SMILES string of the molecule is C[C@H]1CCCC[C@H]1NC(=O)C(=O)Nc1cccc(Br)c1. The van der Waals surface area contributed by atoms with Crippen LogP contribution in [-0.2, 0) is 9.59 Å². The van der Waals surface area contributed by atoms with Crippen molar-refractivity contribution in [1.82, 2.24) is 5.32 Å². The van der Waals surface area contributed by atoms with Gasteiger partial charge in [-0.3, -0.25) is 9.59 Å². The van der Waals surface area contributed by atoms with E-state index >= 15 is 0 Å². The molecule has 5 heteroatoms. The van der Waals surface area contributed by atoms with Gasteiger partial charge in [-0.15, -0.1) is 0 Å². The highest BCUT2D eigenvalue weighted by Gasteiger charge is 2.25. The summed E-state index contributed by atoms with van der Waals surface area (Å²) in [7, 11) is 0. The minimum absolute atomic E-state index is 0.115. The molecule has 1 fully saturated rings. The van der Waals surface area contributed by atoms with Crippen LogP contribution in [0.2, 0.25) is 0 Å². The van der Waals surface area contributed by atoms with Crippen molar-refractivity contribution in [2.45, 2.75) is 38.6 Å². The van der Waals surface area contributed by atoms with Crippen molar-refractivity contribution in [2.24, 2.45) is 5.92 Å². The highest BCUT2D eigenvalue weighted by atomic mass is 79.9. The van der Waals surface area contributed by atoms with Gasteiger partial charge in [-0.2, -0.15) is 0 Å². The van der Waals surface area contributed by atoms with Gasteiger partial charge < -0.3 is 10.6 Å². The highest BCUT2D eigenvalue weighted by Crippen LogP contribution is 2.23. The molecule has 2 rings (SSSR count). The first-order valence-corrected chi connectivity index (χ1v) is 7.73. The fourth-order valence-corrected chi connectivity index (χ4v) is 2.92. The number of amides is 2. The summed E-state index contributed by atoms with van der Waals surface area (Å²) in [5.74, 6) is -0.726. The van der Waals surface area contributed by atoms with E-state index in [0.29, 0.717) is 11.6 Å². The third-order valence-corrected chi connectivity index (χ3v) is 4.21. The van der Waals surface area contributed by atoms with Crippen molar-refractivity contribution in [2.75, 3.05) is 5.32 Å². The fourth-order valence-electron chi connectivity index (χ4n) is 2.52. The van der Waals surface area contributed by atoms with E-state index in [9.17, 15) is 9.59 Å². The summed E-state index contributed by atoms with van der Waals surface area (Å²) in [5.41, 5.74) is 0.608. The Kier molecular flexibility index (Phi) is 5.17. The van der Waals surface area contributed by atoms with Gasteiger partial charge in [-0.25, -0.2) is 0 Å². The summed E-state index contributed by atoms with van der Waals surface area (Å²) in [6, 6.07) is 7.29. The predicted octanol–water partition coefficient (Wildman–Crippen LogP) is 3.08. The first kappa shape index (κ1) is 15.0. The molecule has 1 aromatic rings. The molecule has 1 aromatic carbocycles. The molecule has 2 amide bonds. The van der Waals surface area contributed by atoms with Crippen LogP contribution in [0.25, 0.3) is 0 Å². The normalized spacial score (nSPS) is 22.1. The summed E-state index contributed by atoms with van der Waals surface area (Å²) in [4.78, 5) is 23.8.